The highest BCUT2D eigenvalue weighted by molar-refractivity contribution is 5.58. The average Bonchev–Trinajstić information content (AvgIpc) is 2.78. The Morgan fingerprint density at radius 3 is 2.59 bits per heavy atom. The number of benzene rings is 1. The highest BCUT2D eigenvalue weighted by Gasteiger charge is 2.16. The summed E-state index contributed by atoms with van der Waals surface area (Å²) in [6.07, 6.45) is 0.934. The molecule has 0 aliphatic carbocycles. The van der Waals surface area contributed by atoms with Gasteiger partial charge in [-0.25, -0.2) is 0 Å². The Balaban J connectivity index is 2.17. The summed E-state index contributed by atoms with van der Waals surface area (Å²) in [4.78, 5) is 0. The summed E-state index contributed by atoms with van der Waals surface area (Å²) in [5, 5.41) is 10.7. The van der Waals surface area contributed by atoms with E-state index in [0.717, 1.165) is 23.4 Å². The molecule has 1 aromatic carbocycles. The van der Waals surface area contributed by atoms with Crippen LogP contribution in [0.5, 0.6) is 0 Å². The van der Waals surface area contributed by atoms with Crippen molar-refractivity contribution in [1.82, 2.24) is 15.5 Å². The van der Waals surface area contributed by atoms with Crippen LogP contribution in [0, 0.1) is 0 Å². The second kappa shape index (κ2) is 4.72. The molecule has 0 aliphatic rings. The second-order valence-corrected chi connectivity index (χ2v) is 4.96. The number of hydrogen-bond donors (Lipinski definition) is 2. The molecule has 0 radical (unpaired) electrons. The first kappa shape index (κ1) is 11.9. The van der Waals surface area contributed by atoms with Crippen molar-refractivity contribution in [3.8, 4) is 11.3 Å². The van der Waals surface area contributed by atoms with Gasteiger partial charge in [-0.1, -0.05) is 30.3 Å². The van der Waals surface area contributed by atoms with Crippen molar-refractivity contribution in [2.75, 3.05) is 7.05 Å². The van der Waals surface area contributed by atoms with Gasteiger partial charge in [-0.15, -0.1) is 0 Å². The zero-order valence-electron chi connectivity index (χ0n) is 10.6. The molecular formula is C14H19N3. The van der Waals surface area contributed by atoms with Gasteiger partial charge in [0.25, 0.3) is 0 Å². The molecule has 1 heterocycles. The molecule has 2 rings (SSSR count). The third-order valence-electron chi connectivity index (χ3n) is 3.01. The number of hydrogen-bond acceptors (Lipinski definition) is 2. The number of likely N-dealkylation sites (N-methyl/N-ethyl adjacent to an activating group) is 1. The van der Waals surface area contributed by atoms with Crippen LogP contribution in [0.15, 0.2) is 36.4 Å². The molecule has 0 bridgehead atoms. The van der Waals surface area contributed by atoms with Crippen LogP contribution in [0.4, 0.5) is 0 Å². The maximum atomic E-state index is 4.35. The van der Waals surface area contributed by atoms with Crippen molar-refractivity contribution < 1.29 is 0 Å². The standard InChI is InChI=1S/C14H19N3/c1-14(2,15-3)10-12-9-13(17-16-12)11-7-5-4-6-8-11/h4-9,15H,10H2,1-3H3,(H,16,17). The lowest BCUT2D eigenvalue weighted by Crippen LogP contribution is -2.38. The highest BCUT2D eigenvalue weighted by atomic mass is 15.1. The molecule has 2 N–H and O–H groups in total. The molecule has 3 nitrogen and oxygen atoms in total. The molecule has 0 amide bonds. The van der Waals surface area contributed by atoms with Crippen molar-refractivity contribution in [2.45, 2.75) is 25.8 Å². The van der Waals surface area contributed by atoms with Gasteiger partial charge in [0.05, 0.1) is 5.69 Å². The van der Waals surface area contributed by atoms with E-state index in [2.05, 4.69) is 47.6 Å². The van der Waals surface area contributed by atoms with Gasteiger partial charge in [-0.2, -0.15) is 5.10 Å². The molecule has 17 heavy (non-hydrogen) atoms. The number of H-pyrrole nitrogens is 1. The third-order valence-corrected chi connectivity index (χ3v) is 3.01. The van der Waals surface area contributed by atoms with Crippen molar-refractivity contribution in [3.63, 3.8) is 0 Å². The maximum Gasteiger partial charge on any atom is 0.0923 e. The van der Waals surface area contributed by atoms with Crippen LogP contribution < -0.4 is 5.32 Å². The first-order valence-electron chi connectivity index (χ1n) is 5.89. The number of nitrogens with zero attached hydrogens (tertiary/aromatic N) is 1. The van der Waals surface area contributed by atoms with Gasteiger partial charge >= 0.3 is 0 Å². The van der Waals surface area contributed by atoms with E-state index in [0.29, 0.717) is 0 Å². The summed E-state index contributed by atoms with van der Waals surface area (Å²) in [7, 11) is 1.98. The fourth-order valence-electron chi connectivity index (χ4n) is 1.77. The molecule has 0 saturated carbocycles. The molecule has 0 spiro atoms. The van der Waals surface area contributed by atoms with Gasteiger partial charge < -0.3 is 5.32 Å². The lowest BCUT2D eigenvalue weighted by Gasteiger charge is -2.22. The van der Waals surface area contributed by atoms with Crippen LogP contribution in [0.3, 0.4) is 0 Å². The second-order valence-electron chi connectivity index (χ2n) is 4.96. The normalized spacial score (nSPS) is 11.7. The van der Waals surface area contributed by atoms with E-state index in [1.165, 1.54) is 0 Å². The molecule has 90 valence electrons. The lowest BCUT2D eigenvalue weighted by atomic mass is 9.98. The molecule has 1 aromatic heterocycles. The van der Waals surface area contributed by atoms with Crippen molar-refractivity contribution in [1.29, 1.82) is 0 Å². The molecule has 3 heteroatoms. The quantitative estimate of drug-likeness (QED) is 0.846. The molecule has 0 fully saturated rings. The number of aromatic amines is 1. The van der Waals surface area contributed by atoms with Crippen LogP contribution in [-0.2, 0) is 6.42 Å². The van der Waals surface area contributed by atoms with Crippen molar-refractivity contribution in [2.24, 2.45) is 0 Å². The monoisotopic (exact) mass is 229 g/mol. The summed E-state index contributed by atoms with van der Waals surface area (Å²) in [6.45, 7) is 4.35. The molecule has 0 saturated heterocycles. The Morgan fingerprint density at radius 2 is 1.94 bits per heavy atom. The molecular weight excluding hydrogens is 210 g/mol. The predicted molar refractivity (Wildman–Crippen MR) is 70.9 cm³/mol. The summed E-state index contributed by atoms with van der Waals surface area (Å²) >= 11 is 0. The fraction of sp³-hybridized carbons (Fsp3) is 0.357. The van der Waals surface area contributed by atoms with Gasteiger partial charge in [-0.3, -0.25) is 5.10 Å². The summed E-state index contributed by atoms with van der Waals surface area (Å²) in [5.41, 5.74) is 3.40. The average molecular weight is 229 g/mol. The van der Waals surface area contributed by atoms with Gasteiger partial charge in [-0.05, 0) is 27.0 Å². The predicted octanol–water partition coefficient (Wildman–Crippen LogP) is 2.62. The van der Waals surface area contributed by atoms with E-state index in [-0.39, 0.29) is 5.54 Å². The Hall–Kier alpha value is -1.61. The van der Waals surface area contributed by atoms with Crippen molar-refractivity contribution in [3.05, 3.63) is 42.1 Å². The first-order valence-corrected chi connectivity index (χ1v) is 5.89. The Morgan fingerprint density at radius 1 is 1.24 bits per heavy atom. The van der Waals surface area contributed by atoms with E-state index in [4.69, 9.17) is 0 Å². The molecule has 0 aliphatic heterocycles. The third kappa shape index (κ3) is 2.94. The minimum Gasteiger partial charge on any atom is -0.314 e. The summed E-state index contributed by atoms with van der Waals surface area (Å²) in [6, 6.07) is 12.3. The zero-order chi connectivity index (χ0) is 12.3. The zero-order valence-corrected chi connectivity index (χ0v) is 10.6. The van der Waals surface area contributed by atoms with Gasteiger partial charge in [0, 0.05) is 23.2 Å². The molecule has 2 aromatic rings. The summed E-state index contributed by atoms with van der Waals surface area (Å²) in [5.74, 6) is 0. The SMILES string of the molecule is CNC(C)(C)Cc1cc(-c2ccccc2)n[nH]1. The van der Waals surface area contributed by atoms with Gasteiger partial charge in [0.15, 0.2) is 0 Å². The van der Waals surface area contributed by atoms with E-state index in [1.807, 2.05) is 25.2 Å². The molecule has 0 atom stereocenters. The maximum absolute atomic E-state index is 4.35. The van der Waals surface area contributed by atoms with Gasteiger partial charge in [0.2, 0.25) is 0 Å². The van der Waals surface area contributed by atoms with Crippen LogP contribution >= 0.6 is 0 Å². The van der Waals surface area contributed by atoms with E-state index in [1.54, 1.807) is 0 Å². The number of nitrogens with one attached hydrogen (secondary N) is 2. The van der Waals surface area contributed by atoms with Gasteiger partial charge in [0.1, 0.15) is 0 Å². The van der Waals surface area contributed by atoms with E-state index in [9.17, 15) is 0 Å². The highest BCUT2D eigenvalue weighted by Crippen LogP contribution is 2.19. The Labute approximate surface area is 102 Å². The van der Waals surface area contributed by atoms with Crippen LogP contribution in [0.25, 0.3) is 11.3 Å². The Bertz CT molecular complexity index is 471. The topological polar surface area (TPSA) is 40.7 Å². The first-order chi connectivity index (χ1) is 8.11. The van der Waals surface area contributed by atoms with Crippen LogP contribution in [0.2, 0.25) is 0 Å². The minimum absolute atomic E-state index is 0.0838. The van der Waals surface area contributed by atoms with Crippen LogP contribution in [0.1, 0.15) is 19.5 Å². The van der Waals surface area contributed by atoms with E-state index >= 15 is 0 Å². The van der Waals surface area contributed by atoms with Crippen LogP contribution in [-0.4, -0.2) is 22.8 Å². The fourth-order valence-corrected chi connectivity index (χ4v) is 1.77. The number of rotatable bonds is 4. The Kier molecular flexibility index (Phi) is 3.29. The van der Waals surface area contributed by atoms with Crippen molar-refractivity contribution >= 4 is 0 Å². The molecule has 0 unspecified atom stereocenters. The lowest BCUT2D eigenvalue weighted by molar-refractivity contribution is 0.417. The largest absolute Gasteiger partial charge is 0.314 e. The minimum atomic E-state index is 0.0838. The summed E-state index contributed by atoms with van der Waals surface area (Å²) < 4.78 is 0. The number of aromatic nitrogens is 2. The van der Waals surface area contributed by atoms with E-state index < -0.39 is 0 Å². The smallest absolute Gasteiger partial charge is 0.0923 e.